The predicted molar refractivity (Wildman–Crippen MR) is 55.5 cm³/mol. The van der Waals surface area contributed by atoms with Gasteiger partial charge in [0.1, 0.15) is 6.04 Å². The standard InChI is InChI=1S/C10H18N2O3/c1-2-8(10(14)15)11-6-5-9(13)12-7-3-4-7/h7-8,11H,2-6H2,1H3,(H,12,13)(H,14,15). The molecule has 0 bridgehead atoms. The Kier molecular flexibility index (Phi) is 4.55. The molecule has 1 aliphatic rings. The van der Waals surface area contributed by atoms with Crippen molar-refractivity contribution in [3.8, 4) is 0 Å². The second-order valence-corrected chi connectivity index (χ2v) is 3.84. The number of aliphatic carboxylic acids is 1. The summed E-state index contributed by atoms with van der Waals surface area (Å²) in [4.78, 5) is 21.9. The van der Waals surface area contributed by atoms with Crippen molar-refractivity contribution < 1.29 is 14.7 Å². The Bertz CT molecular complexity index is 239. The fourth-order valence-electron chi connectivity index (χ4n) is 1.29. The Morgan fingerprint density at radius 2 is 2.13 bits per heavy atom. The first-order valence-corrected chi connectivity index (χ1v) is 5.39. The van der Waals surface area contributed by atoms with E-state index >= 15 is 0 Å². The van der Waals surface area contributed by atoms with Gasteiger partial charge in [-0.3, -0.25) is 9.59 Å². The summed E-state index contributed by atoms with van der Waals surface area (Å²) in [7, 11) is 0. The number of nitrogens with one attached hydrogen (secondary N) is 2. The van der Waals surface area contributed by atoms with E-state index in [0.29, 0.717) is 25.4 Å². The van der Waals surface area contributed by atoms with Crippen LogP contribution in [0.5, 0.6) is 0 Å². The lowest BCUT2D eigenvalue weighted by molar-refractivity contribution is -0.139. The molecule has 0 aromatic carbocycles. The summed E-state index contributed by atoms with van der Waals surface area (Å²) in [5.41, 5.74) is 0. The SMILES string of the molecule is CCC(NCCC(=O)NC1CC1)C(=O)O. The van der Waals surface area contributed by atoms with Crippen molar-refractivity contribution in [3.05, 3.63) is 0 Å². The van der Waals surface area contributed by atoms with Gasteiger partial charge in [0, 0.05) is 19.0 Å². The minimum absolute atomic E-state index is 0.00485. The van der Waals surface area contributed by atoms with Crippen molar-refractivity contribution in [2.24, 2.45) is 0 Å². The molecule has 0 aromatic rings. The van der Waals surface area contributed by atoms with Crippen molar-refractivity contribution in [2.75, 3.05) is 6.54 Å². The van der Waals surface area contributed by atoms with E-state index in [0.717, 1.165) is 12.8 Å². The third-order valence-electron chi connectivity index (χ3n) is 2.39. The largest absolute Gasteiger partial charge is 0.480 e. The van der Waals surface area contributed by atoms with Crippen LogP contribution in [-0.2, 0) is 9.59 Å². The molecule has 1 rings (SSSR count). The van der Waals surface area contributed by atoms with Crippen LogP contribution in [0.3, 0.4) is 0 Å². The lowest BCUT2D eigenvalue weighted by atomic mass is 10.2. The van der Waals surface area contributed by atoms with Crippen molar-refractivity contribution in [1.82, 2.24) is 10.6 Å². The number of amides is 1. The van der Waals surface area contributed by atoms with Crippen LogP contribution < -0.4 is 10.6 Å². The highest BCUT2D eigenvalue weighted by atomic mass is 16.4. The van der Waals surface area contributed by atoms with Gasteiger partial charge in [0.05, 0.1) is 0 Å². The van der Waals surface area contributed by atoms with Crippen molar-refractivity contribution in [1.29, 1.82) is 0 Å². The molecule has 1 aliphatic carbocycles. The smallest absolute Gasteiger partial charge is 0.320 e. The minimum atomic E-state index is -0.861. The topological polar surface area (TPSA) is 78.4 Å². The average molecular weight is 214 g/mol. The van der Waals surface area contributed by atoms with Gasteiger partial charge in [0.2, 0.25) is 5.91 Å². The summed E-state index contributed by atoms with van der Waals surface area (Å²) in [6, 6.07) is -0.169. The molecule has 1 fully saturated rings. The summed E-state index contributed by atoms with van der Waals surface area (Å²) in [6.45, 7) is 2.22. The van der Waals surface area contributed by atoms with Gasteiger partial charge in [0.15, 0.2) is 0 Å². The normalized spacial score (nSPS) is 17.1. The minimum Gasteiger partial charge on any atom is -0.480 e. The van der Waals surface area contributed by atoms with Gasteiger partial charge >= 0.3 is 5.97 Å². The maximum Gasteiger partial charge on any atom is 0.320 e. The molecular formula is C10H18N2O3. The van der Waals surface area contributed by atoms with Gasteiger partial charge in [-0.15, -0.1) is 0 Å². The third kappa shape index (κ3) is 4.78. The molecule has 1 amide bonds. The van der Waals surface area contributed by atoms with Crippen LogP contribution in [0.1, 0.15) is 32.6 Å². The van der Waals surface area contributed by atoms with Crippen LogP contribution in [0.4, 0.5) is 0 Å². The molecule has 0 aromatic heterocycles. The first kappa shape index (κ1) is 12.0. The van der Waals surface area contributed by atoms with Crippen LogP contribution in [0, 0.1) is 0 Å². The molecule has 5 nitrogen and oxygen atoms in total. The maximum atomic E-state index is 11.2. The zero-order valence-electron chi connectivity index (χ0n) is 8.95. The third-order valence-corrected chi connectivity index (χ3v) is 2.39. The molecule has 15 heavy (non-hydrogen) atoms. The summed E-state index contributed by atoms with van der Waals surface area (Å²) >= 11 is 0. The predicted octanol–water partition coefficient (Wildman–Crippen LogP) is 0.108. The zero-order chi connectivity index (χ0) is 11.3. The molecule has 1 atom stereocenters. The van der Waals surface area contributed by atoms with Gasteiger partial charge in [0.25, 0.3) is 0 Å². The zero-order valence-corrected chi connectivity index (χ0v) is 8.95. The molecule has 1 saturated carbocycles. The molecule has 0 radical (unpaired) electrons. The number of hydrogen-bond donors (Lipinski definition) is 3. The molecule has 5 heteroatoms. The molecule has 3 N–H and O–H groups in total. The average Bonchev–Trinajstić information content (AvgIpc) is 2.95. The van der Waals surface area contributed by atoms with E-state index in [4.69, 9.17) is 5.11 Å². The van der Waals surface area contributed by atoms with E-state index in [1.54, 1.807) is 6.92 Å². The number of rotatable bonds is 7. The summed E-state index contributed by atoms with van der Waals surface area (Å²) in [5, 5.41) is 14.4. The number of carbonyl (C=O) groups excluding carboxylic acids is 1. The first-order valence-electron chi connectivity index (χ1n) is 5.39. The van der Waals surface area contributed by atoms with Gasteiger partial charge in [-0.2, -0.15) is 0 Å². The van der Waals surface area contributed by atoms with Crippen molar-refractivity contribution in [3.63, 3.8) is 0 Å². The van der Waals surface area contributed by atoms with E-state index < -0.39 is 12.0 Å². The van der Waals surface area contributed by atoms with Crippen LogP contribution in [0.15, 0.2) is 0 Å². The molecule has 0 heterocycles. The number of carboxylic acids is 1. The first-order chi connectivity index (χ1) is 7.13. The van der Waals surface area contributed by atoms with Gasteiger partial charge in [-0.25, -0.2) is 0 Å². The van der Waals surface area contributed by atoms with Crippen molar-refractivity contribution >= 4 is 11.9 Å². The summed E-state index contributed by atoms with van der Waals surface area (Å²) in [6.07, 6.45) is 3.03. The summed E-state index contributed by atoms with van der Waals surface area (Å²) in [5.74, 6) is -0.856. The van der Waals surface area contributed by atoms with E-state index in [-0.39, 0.29) is 5.91 Å². The van der Waals surface area contributed by atoms with Gasteiger partial charge < -0.3 is 15.7 Å². The molecule has 86 valence electrons. The maximum absolute atomic E-state index is 11.2. The molecule has 0 spiro atoms. The highest BCUT2D eigenvalue weighted by molar-refractivity contribution is 5.77. The van der Waals surface area contributed by atoms with Crippen LogP contribution in [0.25, 0.3) is 0 Å². The lowest BCUT2D eigenvalue weighted by Gasteiger charge is -2.11. The quantitative estimate of drug-likeness (QED) is 0.562. The number of hydrogen-bond acceptors (Lipinski definition) is 3. The number of carbonyl (C=O) groups is 2. The monoisotopic (exact) mass is 214 g/mol. The molecular weight excluding hydrogens is 196 g/mol. The molecule has 1 unspecified atom stereocenters. The Hall–Kier alpha value is -1.10. The van der Waals surface area contributed by atoms with Crippen molar-refractivity contribution in [2.45, 2.75) is 44.7 Å². The van der Waals surface area contributed by atoms with E-state index in [2.05, 4.69) is 10.6 Å². The fourth-order valence-corrected chi connectivity index (χ4v) is 1.29. The second kappa shape index (κ2) is 5.70. The summed E-state index contributed by atoms with van der Waals surface area (Å²) < 4.78 is 0. The van der Waals surface area contributed by atoms with E-state index in [1.807, 2.05) is 0 Å². The Morgan fingerprint density at radius 3 is 2.60 bits per heavy atom. The van der Waals surface area contributed by atoms with Crippen LogP contribution in [0.2, 0.25) is 0 Å². The van der Waals surface area contributed by atoms with E-state index in [1.165, 1.54) is 0 Å². The van der Waals surface area contributed by atoms with Crippen LogP contribution in [-0.4, -0.2) is 35.6 Å². The van der Waals surface area contributed by atoms with Crippen LogP contribution >= 0.6 is 0 Å². The van der Waals surface area contributed by atoms with E-state index in [9.17, 15) is 9.59 Å². The molecule has 0 aliphatic heterocycles. The van der Waals surface area contributed by atoms with Gasteiger partial charge in [-0.1, -0.05) is 6.92 Å². The molecule has 0 saturated heterocycles. The van der Waals surface area contributed by atoms with Gasteiger partial charge in [-0.05, 0) is 19.3 Å². The Morgan fingerprint density at radius 1 is 1.47 bits per heavy atom. The highest BCUT2D eigenvalue weighted by Gasteiger charge is 2.23. The second-order valence-electron chi connectivity index (χ2n) is 3.84. The Labute approximate surface area is 89.2 Å². The highest BCUT2D eigenvalue weighted by Crippen LogP contribution is 2.18. The fraction of sp³-hybridized carbons (Fsp3) is 0.800. The number of carboxylic acid groups (broad SMARTS) is 1. The lowest BCUT2D eigenvalue weighted by Crippen LogP contribution is -2.38. The Balaban J connectivity index is 2.07.